The summed E-state index contributed by atoms with van der Waals surface area (Å²) in [6, 6.07) is 10.5. The molecule has 3 N–H and O–H groups in total. The molecule has 0 bridgehead atoms. The molecule has 3 rings (SSSR count). The first-order valence-electron chi connectivity index (χ1n) is 6.56. The Kier molecular flexibility index (Phi) is 3.53. The maximum Gasteiger partial charge on any atom is 0.0897 e. The van der Waals surface area contributed by atoms with Crippen molar-refractivity contribution in [1.82, 2.24) is 10.4 Å². The fourth-order valence-electron chi connectivity index (χ4n) is 2.59. The second kappa shape index (κ2) is 5.32. The lowest BCUT2D eigenvalue weighted by atomic mass is 9.99. The number of rotatable bonds is 3. The maximum absolute atomic E-state index is 5.82. The topological polar surface area (TPSA) is 50.9 Å². The summed E-state index contributed by atoms with van der Waals surface area (Å²) in [4.78, 5) is 4.58. The summed E-state index contributed by atoms with van der Waals surface area (Å²) in [5, 5.41) is 3.36. The highest BCUT2D eigenvalue weighted by Crippen LogP contribution is 2.32. The van der Waals surface area contributed by atoms with E-state index >= 15 is 0 Å². The van der Waals surface area contributed by atoms with Crippen LogP contribution in [0.1, 0.15) is 28.4 Å². The van der Waals surface area contributed by atoms with Gasteiger partial charge in [0.2, 0.25) is 0 Å². The Bertz CT molecular complexity index is 748. The molecule has 0 aliphatic rings. The molecule has 3 aromatic rings. The lowest BCUT2D eigenvalue weighted by Crippen LogP contribution is -2.30. The molecular weight excluding hydrogens is 266 g/mol. The van der Waals surface area contributed by atoms with Crippen LogP contribution in [0, 0.1) is 13.8 Å². The van der Waals surface area contributed by atoms with Gasteiger partial charge < -0.3 is 0 Å². The molecule has 2 aromatic heterocycles. The number of nitrogens with zero attached hydrogens (tertiary/aromatic N) is 1. The highest BCUT2D eigenvalue weighted by molar-refractivity contribution is 7.17. The molecular formula is C16H17N3S. The van der Waals surface area contributed by atoms with E-state index in [0.717, 1.165) is 16.8 Å². The van der Waals surface area contributed by atoms with E-state index in [1.165, 1.54) is 15.6 Å². The minimum absolute atomic E-state index is 0.0852. The normalized spacial score (nSPS) is 12.8. The number of hydrazine groups is 1. The third-order valence-corrected chi connectivity index (χ3v) is 4.50. The van der Waals surface area contributed by atoms with E-state index in [2.05, 4.69) is 60.0 Å². The highest BCUT2D eigenvalue weighted by Gasteiger charge is 2.19. The van der Waals surface area contributed by atoms with Crippen molar-refractivity contribution >= 4 is 21.4 Å². The van der Waals surface area contributed by atoms with Crippen LogP contribution in [-0.4, -0.2) is 4.98 Å². The Balaban J connectivity index is 2.16. The zero-order valence-electron chi connectivity index (χ0n) is 11.6. The number of nitrogens with one attached hydrogen (secondary N) is 1. The number of hydrogen-bond donors (Lipinski definition) is 2. The van der Waals surface area contributed by atoms with Gasteiger partial charge in [0.05, 0.1) is 11.7 Å². The maximum atomic E-state index is 5.82. The van der Waals surface area contributed by atoms with E-state index in [9.17, 15) is 0 Å². The van der Waals surface area contributed by atoms with Crippen molar-refractivity contribution in [1.29, 1.82) is 0 Å². The molecule has 0 aliphatic heterocycles. The highest BCUT2D eigenvalue weighted by atomic mass is 32.1. The Morgan fingerprint density at radius 3 is 2.85 bits per heavy atom. The number of aryl methyl sites for hydroxylation is 2. The minimum Gasteiger partial charge on any atom is -0.271 e. The number of aromatic nitrogens is 1. The van der Waals surface area contributed by atoms with Crippen LogP contribution in [0.2, 0.25) is 0 Å². The van der Waals surface area contributed by atoms with Crippen molar-refractivity contribution in [3.63, 3.8) is 0 Å². The van der Waals surface area contributed by atoms with Crippen LogP contribution in [0.15, 0.2) is 41.9 Å². The van der Waals surface area contributed by atoms with Crippen LogP contribution < -0.4 is 11.3 Å². The lowest BCUT2D eigenvalue weighted by molar-refractivity contribution is 0.621. The van der Waals surface area contributed by atoms with Crippen molar-refractivity contribution < 1.29 is 0 Å². The molecule has 0 spiro atoms. The Labute approximate surface area is 122 Å². The van der Waals surface area contributed by atoms with E-state index in [4.69, 9.17) is 5.84 Å². The van der Waals surface area contributed by atoms with Crippen molar-refractivity contribution in [3.05, 3.63) is 64.3 Å². The van der Waals surface area contributed by atoms with Gasteiger partial charge in [-0.05, 0) is 47.4 Å². The standard InChI is InChI=1S/C16H17N3S/c1-10-8-11(2)14(18-9-10)15(19-17)13-5-3-4-12-6-7-20-16(12)13/h3-9,15,19H,17H2,1-2H3. The molecule has 1 atom stereocenters. The number of nitrogens with two attached hydrogens (primary N) is 1. The molecule has 0 amide bonds. The Hall–Kier alpha value is -1.75. The van der Waals surface area contributed by atoms with Crippen LogP contribution >= 0.6 is 11.3 Å². The van der Waals surface area contributed by atoms with Crippen LogP contribution in [-0.2, 0) is 0 Å². The molecule has 0 aliphatic carbocycles. The molecule has 102 valence electrons. The number of fused-ring (bicyclic) bond motifs is 1. The third kappa shape index (κ3) is 2.22. The van der Waals surface area contributed by atoms with Crippen LogP contribution in [0.25, 0.3) is 10.1 Å². The first-order chi connectivity index (χ1) is 9.70. The third-order valence-electron chi connectivity index (χ3n) is 3.52. The number of pyridine rings is 1. The average Bonchev–Trinajstić information content (AvgIpc) is 2.91. The molecule has 1 aromatic carbocycles. The summed E-state index contributed by atoms with van der Waals surface area (Å²) in [6.07, 6.45) is 1.89. The SMILES string of the molecule is Cc1cnc(C(NN)c2cccc3ccsc23)c(C)c1. The Morgan fingerprint density at radius 2 is 2.10 bits per heavy atom. The predicted molar refractivity (Wildman–Crippen MR) is 84.7 cm³/mol. The van der Waals surface area contributed by atoms with Gasteiger partial charge in [-0.3, -0.25) is 10.8 Å². The average molecular weight is 283 g/mol. The van der Waals surface area contributed by atoms with E-state index in [-0.39, 0.29) is 6.04 Å². The smallest absolute Gasteiger partial charge is 0.0897 e. The van der Waals surface area contributed by atoms with E-state index in [1.54, 1.807) is 11.3 Å². The Morgan fingerprint density at radius 1 is 1.25 bits per heavy atom. The molecule has 2 heterocycles. The molecule has 0 radical (unpaired) electrons. The summed E-state index contributed by atoms with van der Waals surface area (Å²) in [5.41, 5.74) is 7.40. The summed E-state index contributed by atoms with van der Waals surface area (Å²) in [6.45, 7) is 4.13. The molecule has 0 fully saturated rings. The van der Waals surface area contributed by atoms with Crippen molar-refractivity contribution in [3.8, 4) is 0 Å². The van der Waals surface area contributed by atoms with E-state index in [0.29, 0.717) is 0 Å². The van der Waals surface area contributed by atoms with Gasteiger partial charge in [0.15, 0.2) is 0 Å². The molecule has 4 heteroatoms. The van der Waals surface area contributed by atoms with Crippen molar-refractivity contribution in [2.24, 2.45) is 5.84 Å². The zero-order valence-corrected chi connectivity index (χ0v) is 12.4. The van der Waals surface area contributed by atoms with Crippen LogP contribution in [0.5, 0.6) is 0 Å². The summed E-state index contributed by atoms with van der Waals surface area (Å²) in [5.74, 6) is 5.82. The predicted octanol–water partition coefficient (Wildman–Crippen LogP) is 3.47. The van der Waals surface area contributed by atoms with Crippen LogP contribution in [0.3, 0.4) is 0 Å². The summed E-state index contributed by atoms with van der Waals surface area (Å²) < 4.78 is 1.26. The monoisotopic (exact) mass is 283 g/mol. The van der Waals surface area contributed by atoms with Crippen molar-refractivity contribution in [2.75, 3.05) is 0 Å². The summed E-state index contributed by atoms with van der Waals surface area (Å²) >= 11 is 1.74. The van der Waals surface area contributed by atoms with E-state index < -0.39 is 0 Å². The quantitative estimate of drug-likeness (QED) is 0.571. The molecule has 0 saturated carbocycles. The number of hydrogen-bond acceptors (Lipinski definition) is 4. The molecule has 20 heavy (non-hydrogen) atoms. The van der Waals surface area contributed by atoms with Gasteiger partial charge in [0.1, 0.15) is 0 Å². The van der Waals surface area contributed by atoms with Crippen molar-refractivity contribution in [2.45, 2.75) is 19.9 Å². The fraction of sp³-hybridized carbons (Fsp3) is 0.188. The minimum atomic E-state index is -0.0852. The number of thiophene rings is 1. The zero-order chi connectivity index (χ0) is 14.1. The number of benzene rings is 1. The molecule has 1 unspecified atom stereocenters. The van der Waals surface area contributed by atoms with Gasteiger partial charge in [0, 0.05) is 10.9 Å². The first-order valence-corrected chi connectivity index (χ1v) is 7.44. The van der Waals surface area contributed by atoms with Gasteiger partial charge in [-0.25, -0.2) is 5.43 Å². The van der Waals surface area contributed by atoms with Gasteiger partial charge in [-0.15, -0.1) is 11.3 Å². The second-order valence-corrected chi connectivity index (χ2v) is 5.92. The first kappa shape index (κ1) is 13.2. The largest absolute Gasteiger partial charge is 0.271 e. The van der Waals surface area contributed by atoms with Gasteiger partial charge in [0.25, 0.3) is 0 Å². The second-order valence-electron chi connectivity index (χ2n) is 5.00. The van der Waals surface area contributed by atoms with Crippen LogP contribution in [0.4, 0.5) is 0 Å². The molecule has 0 saturated heterocycles. The van der Waals surface area contributed by atoms with E-state index in [1.807, 2.05) is 6.20 Å². The van der Waals surface area contributed by atoms with Gasteiger partial charge in [-0.2, -0.15) is 0 Å². The molecule has 3 nitrogen and oxygen atoms in total. The van der Waals surface area contributed by atoms with Gasteiger partial charge in [-0.1, -0.05) is 24.3 Å². The lowest BCUT2D eigenvalue weighted by Gasteiger charge is -2.19. The summed E-state index contributed by atoms with van der Waals surface area (Å²) in [7, 11) is 0. The van der Waals surface area contributed by atoms with Gasteiger partial charge >= 0.3 is 0 Å². The fourth-order valence-corrected chi connectivity index (χ4v) is 3.53.